The van der Waals surface area contributed by atoms with Gasteiger partial charge in [-0.1, -0.05) is 115 Å². The molecule has 9 rings (SSSR count). The molecule has 0 saturated heterocycles. The second-order valence-corrected chi connectivity index (χ2v) is 12.3. The number of hydrogen-bond acceptors (Lipinski definition) is 5. The maximum absolute atomic E-state index is 4.94. The summed E-state index contributed by atoms with van der Waals surface area (Å²) in [4.78, 5) is 18.9. The molecule has 6 heteroatoms. The highest BCUT2D eigenvalue weighted by molar-refractivity contribution is 5.86. The fraction of sp³-hybridized carbons (Fsp3) is 0. The molecule has 0 N–H and O–H groups in total. The fourth-order valence-corrected chi connectivity index (χ4v) is 6.43. The Labute approximate surface area is 295 Å². The summed E-state index contributed by atoms with van der Waals surface area (Å²) >= 11 is 0. The van der Waals surface area contributed by atoms with Gasteiger partial charge in [-0.15, -0.1) is 0 Å². The number of rotatable bonds is 7. The summed E-state index contributed by atoms with van der Waals surface area (Å²) in [6.45, 7) is 0. The molecule has 0 amide bonds. The molecule has 0 fully saturated rings. The lowest BCUT2D eigenvalue weighted by Crippen LogP contribution is -2.00. The lowest BCUT2D eigenvalue weighted by Gasteiger charge is -2.11. The zero-order valence-corrected chi connectivity index (χ0v) is 27.5. The average molecular weight is 655 g/mol. The summed E-state index contributed by atoms with van der Waals surface area (Å²) in [5, 5.41) is 5.86. The van der Waals surface area contributed by atoms with E-state index in [2.05, 4.69) is 96.0 Å². The lowest BCUT2D eigenvalue weighted by molar-refractivity contribution is 0.911. The minimum Gasteiger partial charge on any atom is -0.265 e. The van der Waals surface area contributed by atoms with Crippen molar-refractivity contribution in [3.8, 4) is 73.2 Å². The van der Waals surface area contributed by atoms with E-state index in [1.54, 1.807) is 0 Å². The van der Waals surface area contributed by atoms with Crippen LogP contribution < -0.4 is 0 Å². The fourth-order valence-electron chi connectivity index (χ4n) is 6.43. The van der Waals surface area contributed by atoms with Crippen LogP contribution >= 0.6 is 0 Å². The Kier molecular flexibility index (Phi) is 7.72. The Hall–Kier alpha value is -7.05. The Morgan fingerprint density at radius 3 is 1.47 bits per heavy atom. The third-order valence-electron chi connectivity index (χ3n) is 9.02. The monoisotopic (exact) mass is 654 g/mol. The topological polar surface area (TPSA) is 69.4 Å². The van der Waals surface area contributed by atoms with Crippen molar-refractivity contribution in [2.75, 3.05) is 0 Å². The van der Waals surface area contributed by atoms with Crippen LogP contribution in [0.2, 0.25) is 0 Å². The molecule has 0 aliphatic rings. The first-order valence-corrected chi connectivity index (χ1v) is 16.8. The van der Waals surface area contributed by atoms with Crippen molar-refractivity contribution in [3.63, 3.8) is 0 Å². The highest BCUT2D eigenvalue weighted by atomic mass is 15.3. The van der Waals surface area contributed by atoms with E-state index < -0.39 is 0 Å². The third kappa shape index (κ3) is 6.07. The molecule has 0 saturated carbocycles. The molecular formula is C45H30N6. The number of hydrogen-bond donors (Lipinski definition) is 0. The van der Waals surface area contributed by atoms with Crippen LogP contribution in [0.15, 0.2) is 182 Å². The second kappa shape index (κ2) is 13.1. The largest absolute Gasteiger partial charge is 0.265 e. The van der Waals surface area contributed by atoms with Crippen LogP contribution in [0.1, 0.15) is 0 Å². The van der Waals surface area contributed by atoms with E-state index in [0.29, 0.717) is 17.5 Å². The number of aromatic nitrogens is 6. The standard InChI is InChI=1S/C45H30N6/c1-3-10-32(11-4-1)43-48-44(33-12-5-2-6-13-33)50-45(49-43)39-18-8-16-36(27-39)34-14-7-15-35(26-34)37-17-9-19-41(29-37)51-42-21-20-38(28-40(42)30-47-51)31-22-24-46-25-23-31/h1-30H. The normalized spacial score (nSPS) is 11.1. The van der Waals surface area contributed by atoms with Crippen LogP contribution in [0.3, 0.4) is 0 Å². The average Bonchev–Trinajstić information content (AvgIpc) is 3.65. The molecule has 6 nitrogen and oxygen atoms in total. The van der Waals surface area contributed by atoms with Crippen molar-refractivity contribution in [2.45, 2.75) is 0 Å². The SMILES string of the molecule is c1ccc(-c2nc(-c3ccccc3)nc(-c3cccc(-c4cccc(-c5cccc(-n6ncc7cc(-c8ccncc8)ccc76)c5)c4)c3)n2)cc1. The van der Waals surface area contributed by atoms with Crippen LogP contribution in [0.4, 0.5) is 0 Å². The van der Waals surface area contributed by atoms with E-state index in [9.17, 15) is 0 Å². The molecule has 51 heavy (non-hydrogen) atoms. The van der Waals surface area contributed by atoms with Gasteiger partial charge in [-0.05, 0) is 81.9 Å². The number of nitrogens with zero attached hydrogens (tertiary/aromatic N) is 6. The summed E-state index contributed by atoms with van der Waals surface area (Å²) < 4.78 is 2.00. The second-order valence-electron chi connectivity index (χ2n) is 12.3. The van der Waals surface area contributed by atoms with Crippen LogP contribution in [0.5, 0.6) is 0 Å². The first kappa shape index (κ1) is 30.0. The zero-order valence-electron chi connectivity index (χ0n) is 27.5. The molecular weight excluding hydrogens is 625 g/mol. The summed E-state index contributed by atoms with van der Waals surface area (Å²) in [5.41, 5.74) is 11.6. The molecule has 240 valence electrons. The van der Waals surface area contributed by atoms with Crippen molar-refractivity contribution < 1.29 is 0 Å². The zero-order chi connectivity index (χ0) is 34.0. The predicted molar refractivity (Wildman–Crippen MR) is 205 cm³/mol. The molecule has 0 radical (unpaired) electrons. The minimum absolute atomic E-state index is 0.632. The van der Waals surface area contributed by atoms with Gasteiger partial charge in [0.05, 0.1) is 17.4 Å². The molecule has 3 heterocycles. The quantitative estimate of drug-likeness (QED) is 0.171. The Morgan fingerprint density at radius 2 is 0.843 bits per heavy atom. The Balaban J connectivity index is 1.05. The molecule has 9 aromatic rings. The number of benzene rings is 6. The number of pyridine rings is 1. The van der Waals surface area contributed by atoms with E-state index in [1.165, 1.54) is 0 Å². The maximum Gasteiger partial charge on any atom is 0.164 e. The van der Waals surface area contributed by atoms with Gasteiger partial charge in [-0.2, -0.15) is 5.10 Å². The van der Waals surface area contributed by atoms with Crippen molar-refractivity contribution >= 4 is 10.9 Å². The van der Waals surface area contributed by atoms with Gasteiger partial charge < -0.3 is 0 Å². The molecule has 0 unspecified atom stereocenters. The van der Waals surface area contributed by atoms with Crippen molar-refractivity contribution in [1.82, 2.24) is 29.7 Å². The first-order valence-electron chi connectivity index (χ1n) is 16.8. The molecule has 0 atom stereocenters. The van der Waals surface area contributed by atoms with Crippen molar-refractivity contribution in [1.29, 1.82) is 0 Å². The summed E-state index contributed by atoms with van der Waals surface area (Å²) in [5.74, 6) is 1.92. The van der Waals surface area contributed by atoms with Crippen LogP contribution in [0.25, 0.3) is 84.1 Å². The van der Waals surface area contributed by atoms with Gasteiger partial charge in [0, 0.05) is 34.5 Å². The third-order valence-corrected chi connectivity index (χ3v) is 9.02. The Bertz CT molecular complexity index is 2580. The molecule has 0 aliphatic carbocycles. The van der Waals surface area contributed by atoms with E-state index in [1.807, 2.05) is 96.1 Å². The molecule has 6 aromatic carbocycles. The highest BCUT2D eigenvalue weighted by Gasteiger charge is 2.14. The van der Waals surface area contributed by atoms with Gasteiger partial charge in [0.15, 0.2) is 17.5 Å². The van der Waals surface area contributed by atoms with Gasteiger partial charge in [-0.3, -0.25) is 4.98 Å². The van der Waals surface area contributed by atoms with Gasteiger partial charge >= 0.3 is 0 Å². The van der Waals surface area contributed by atoms with Gasteiger partial charge in [-0.25, -0.2) is 19.6 Å². The number of fused-ring (bicyclic) bond motifs is 1. The maximum atomic E-state index is 4.94. The van der Waals surface area contributed by atoms with E-state index in [-0.39, 0.29) is 0 Å². The molecule has 0 spiro atoms. The lowest BCUT2D eigenvalue weighted by atomic mass is 9.97. The highest BCUT2D eigenvalue weighted by Crippen LogP contribution is 2.32. The van der Waals surface area contributed by atoms with Gasteiger partial charge in [0.1, 0.15) is 0 Å². The van der Waals surface area contributed by atoms with E-state index in [0.717, 1.165) is 66.7 Å². The van der Waals surface area contributed by atoms with Gasteiger partial charge in [0.2, 0.25) is 0 Å². The van der Waals surface area contributed by atoms with E-state index in [4.69, 9.17) is 20.1 Å². The van der Waals surface area contributed by atoms with E-state index >= 15 is 0 Å². The summed E-state index contributed by atoms with van der Waals surface area (Å²) in [6, 6.07) is 56.2. The summed E-state index contributed by atoms with van der Waals surface area (Å²) in [7, 11) is 0. The predicted octanol–water partition coefficient (Wildman–Crippen LogP) is 10.6. The molecule has 3 aromatic heterocycles. The van der Waals surface area contributed by atoms with Crippen LogP contribution in [-0.2, 0) is 0 Å². The summed E-state index contributed by atoms with van der Waals surface area (Å²) in [6.07, 6.45) is 5.57. The molecule has 0 bridgehead atoms. The van der Waals surface area contributed by atoms with Crippen LogP contribution in [0, 0.1) is 0 Å². The first-order chi connectivity index (χ1) is 25.2. The van der Waals surface area contributed by atoms with Crippen molar-refractivity contribution in [2.24, 2.45) is 0 Å². The Morgan fingerprint density at radius 1 is 0.353 bits per heavy atom. The minimum atomic E-state index is 0.632. The van der Waals surface area contributed by atoms with Crippen LogP contribution in [-0.4, -0.2) is 29.7 Å². The molecule has 0 aliphatic heterocycles. The smallest absolute Gasteiger partial charge is 0.164 e. The van der Waals surface area contributed by atoms with Crippen molar-refractivity contribution in [3.05, 3.63) is 182 Å². The van der Waals surface area contributed by atoms with Gasteiger partial charge in [0.25, 0.3) is 0 Å².